The van der Waals surface area contributed by atoms with E-state index in [2.05, 4.69) is 42.3 Å². The highest BCUT2D eigenvalue weighted by Crippen LogP contribution is 2.18. The normalized spacial score (nSPS) is 16.3. The lowest BCUT2D eigenvalue weighted by atomic mass is 10.3. The zero-order valence-electron chi connectivity index (χ0n) is 12.2. The van der Waals surface area contributed by atoms with Crippen LogP contribution in [0.5, 0.6) is 0 Å². The Morgan fingerprint density at radius 3 is 2.77 bits per heavy atom. The average molecular weight is 311 g/mol. The minimum absolute atomic E-state index is 0.821. The lowest BCUT2D eigenvalue weighted by Crippen LogP contribution is -2.46. The second kappa shape index (κ2) is 5.98. The summed E-state index contributed by atoms with van der Waals surface area (Å²) in [5.41, 5.74) is 1.06. The van der Waals surface area contributed by atoms with Crippen LogP contribution in [0.1, 0.15) is 5.82 Å². The van der Waals surface area contributed by atoms with Crippen LogP contribution in [-0.4, -0.2) is 46.0 Å². The first-order chi connectivity index (χ1) is 10.9. The monoisotopic (exact) mass is 311 g/mol. The molecule has 0 aromatic carbocycles. The highest BCUT2D eigenvalue weighted by molar-refractivity contribution is 7.17. The number of aromatic nitrogens is 3. The van der Waals surface area contributed by atoms with E-state index in [1.807, 2.05) is 24.5 Å². The van der Waals surface area contributed by atoms with E-state index in [0.717, 1.165) is 54.6 Å². The summed E-state index contributed by atoms with van der Waals surface area (Å²) >= 11 is 1.69. The third kappa shape index (κ3) is 2.80. The van der Waals surface area contributed by atoms with Crippen molar-refractivity contribution in [3.8, 4) is 0 Å². The van der Waals surface area contributed by atoms with Crippen LogP contribution in [0, 0.1) is 0 Å². The fourth-order valence-electron chi connectivity index (χ4n) is 2.76. The Hall–Kier alpha value is -2.05. The SMILES string of the molecule is c1ccc(N2CCN(Cc3ncc4sccc4n3)CC2)nc1. The quantitative estimate of drug-likeness (QED) is 0.743. The van der Waals surface area contributed by atoms with E-state index >= 15 is 0 Å². The van der Waals surface area contributed by atoms with E-state index < -0.39 is 0 Å². The van der Waals surface area contributed by atoms with Crippen LogP contribution in [0.25, 0.3) is 10.2 Å². The van der Waals surface area contributed by atoms with Gasteiger partial charge in [-0.15, -0.1) is 11.3 Å². The Kier molecular flexibility index (Phi) is 3.70. The second-order valence-electron chi connectivity index (χ2n) is 5.41. The van der Waals surface area contributed by atoms with Gasteiger partial charge in [-0.1, -0.05) is 6.07 Å². The fraction of sp³-hybridized carbons (Fsp3) is 0.312. The molecule has 0 N–H and O–H groups in total. The highest BCUT2D eigenvalue weighted by Gasteiger charge is 2.18. The van der Waals surface area contributed by atoms with E-state index in [1.165, 1.54) is 0 Å². The molecule has 0 unspecified atom stereocenters. The Morgan fingerprint density at radius 2 is 1.95 bits per heavy atom. The van der Waals surface area contributed by atoms with Crippen molar-refractivity contribution < 1.29 is 0 Å². The predicted molar refractivity (Wildman–Crippen MR) is 89.1 cm³/mol. The van der Waals surface area contributed by atoms with Gasteiger partial charge in [0.2, 0.25) is 0 Å². The largest absolute Gasteiger partial charge is 0.354 e. The topological polar surface area (TPSA) is 45.2 Å². The molecule has 3 aromatic rings. The highest BCUT2D eigenvalue weighted by atomic mass is 32.1. The van der Waals surface area contributed by atoms with Crippen molar-refractivity contribution in [1.29, 1.82) is 0 Å². The summed E-state index contributed by atoms with van der Waals surface area (Å²) in [7, 11) is 0. The van der Waals surface area contributed by atoms with Crippen LogP contribution < -0.4 is 4.90 Å². The van der Waals surface area contributed by atoms with Gasteiger partial charge < -0.3 is 4.90 Å². The maximum Gasteiger partial charge on any atom is 0.143 e. The van der Waals surface area contributed by atoms with Gasteiger partial charge in [-0.3, -0.25) is 4.90 Å². The van der Waals surface area contributed by atoms with Crippen molar-refractivity contribution >= 4 is 27.4 Å². The van der Waals surface area contributed by atoms with E-state index in [9.17, 15) is 0 Å². The minimum Gasteiger partial charge on any atom is -0.354 e. The summed E-state index contributed by atoms with van der Waals surface area (Å²) in [5.74, 6) is 1.98. The molecule has 1 fully saturated rings. The van der Waals surface area contributed by atoms with Crippen molar-refractivity contribution in [2.75, 3.05) is 31.1 Å². The molecular weight excluding hydrogens is 294 g/mol. The molecule has 0 radical (unpaired) electrons. The molecule has 22 heavy (non-hydrogen) atoms. The standard InChI is InChI=1S/C16H17N5S/c1-2-5-17-16(3-1)21-8-6-20(7-9-21)12-15-18-11-14-13(19-15)4-10-22-14/h1-5,10-11H,6-9,12H2. The van der Waals surface area contributed by atoms with Crippen LogP contribution in [0.3, 0.4) is 0 Å². The summed E-state index contributed by atoms with van der Waals surface area (Å²) in [4.78, 5) is 18.3. The molecule has 1 saturated heterocycles. The summed E-state index contributed by atoms with van der Waals surface area (Å²) < 4.78 is 1.16. The van der Waals surface area contributed by atoms with Gasteiger partial charge in [0, 0.05) is 38.6 Å². The number of anilines is 1. The molecule has 0 atom stereocenters. The molecule has 1 aliphatic heterocycles. The van der Waals surface area contributed by atoms with Gasteiger partial charge in [-0.05, 0) is 23.6 Å². The Labute approximate surface area is 133 Å². The Bertz CT molecular complexity index is 749. The maximum atomic E-state index is 4.64. The molecule has 1 aliphatic rings. The zero-order chi connectivity index (χ0) is 14.8. The average Bonchev–Trinajstić information content (AvgIpc) is 3.04. The van der Waals surface area contributed by atoms with Gasteiger partial charge >= 0.3 is 0 Å². The van der Waals surface area contributed by atoms with Crippen LogP contribution >= 0.6 is 11.3 Å². The van der Waals surface area contributed by atoms with Crippen LogP contribution in [0.2, 0.25) is 0 Å². The molecule has 0 amide bonds. The first-order valence-electron chi connectivity index (χ1n) is 7.46. The van der Waals surface area contributed by atoms with E-state index in [0.29, 0.717) is 0 Å². The lowest BCUT2D eigenvalue weighted by molar-refractivity contribution is 0.244. The third-order valence-corrected chi connectivity index (χ3v) is 4.80. The molecule has 3 aromatic heterocycles. The number of rotatable bonds is 3. The maximum absolute atomic E-state index is 4.64. The van der Waals surface area contributed by atoms with Crippen LogP contribution in [-0.2, 0) is 6.54 Å². The van der Waals surface area contributed by atoms with Crippen LogP contribution in [0.15, 0.2) is 42.0 Å². The van der Waals surface area contributed by atoms with Crippen molar-refractivity contribution in [2.24, 2.45) is 0 Å². The van der Waals surface area contributed by atoms with E-state index in [-0.39, 0.29) is 0 Å². The molecule has 0 bridgehead atoms. The van der Waals surface area contributed by atoms with Crippen molar-refractivity contribution in [2.45, 2.75) is 6.54 Å². The summed E-state index contributed by atoms with van der Waals surface area (Å²) in [6.07, 6.45) is 3.79. The summed E-state index contributed by atoms with van der Waals surface area (Å²) in [5, 5.41) is 2.06. The van der Waals surface area contributed by atoms with Gasteiger partial charge in [0.15, 0.2) is 0 Å². The van der Waals surface area contributed by atoms with Crippen LogP contribution in [0.4, 0.5) is 5.82 Å². The molecule has 4 heterocycles. The Morgan fingerprint density at radius 1 is 1.05 bits per heavy atom. The first kappa shape index (κ1) is 13.6. The molecule has 0 spiro atoms. The molecule has 112 valence electrons. The first-order valence-corrected chi connectivity index (χ1v) is 8.34. The van der Waals surface area contributed by atoms with Crippen molar-refractivity contribution in [3.05, 3.63) is 47.9 Å². The minimum atomic E-state index is 0.821. The number of nitrogens with zero attached hydrogens (tertiary/aromatic N) is 5. The van der Waals surface area contributed by atoms with Gasteiger partial charge in [0.05, 0.1) is 16.8 Å². The molecule has 0 saturated carbocycles. The molecule has 4 rings (SSSR count). The summed E-state index contributed by atoms with van der Waals surface area (Å²) in [6.45, 7) is 4.85. The molecule has 0 aliphatic carbocycles. The molecule has 5 nitrogen and oxygen atoms in total. The van der Waals surface area contributed by atoms with Gasteiger partial charge in [0.1, 0.15) is 11.6 Å². The predicted octanol–water partition coefficient (Wildman–Crippen LogP) is 2.41. The second-order valence-corrected chi connectivity index (χ2v) is 6.36. The number of hydrogen-bond acceptors (Lipinski definition) is 6. The van der Waals surface area contributed by atoms with E-state index in [4.69, 9.17) is 0 Å². The van der Waals surface area contributed by atoms with E-state index in [1.54, 1.807) is 11.3 Å². The number of hydrogen-bond donors (Lipinski definition) is 0. The van der Waals surface area contributed by atoms with Crippen molar-refractivity contribution in [1.82, 2.24) is 19.9 Å². The number of piperazine rings is 1. The van der Waals surface area contributed by atoms with Crippen molar-refractivity contribution in [3.63, 3.8) is 0 Å². The molecular formula is C16H17N5S. The van der Waals surface area contributed by atoms with Gasteiger partial charge in [-0.25, -0.2) is 15.0 Å². The third-order valence-electron chi connectivity index (χ3n) is 3.96. The molecule has 6 heteroatoms. The zero-order valence-corrected chi connectivity index (χ0v) is 13.0. The smallest absolute Gasteiger partial charge is 0.143 e. The van der Waals surface area contributed by atoms with Gasteiger partial charge in [0.25, 0.3) is 0 Å². The number of pyridine rings is 1. The Balaban J connectivity index is 1.39. The number of thiophene rings is 1. The fourth-order valence-corrected chi connectivity index (χ4v) is 3.45. The lowest BCUT2D eigenvalue weighted by Gasteiger charge is -2.34. The number of fused-ring (bicyclic) bond motifs is 1. The van der Waals surface area contributed by atoms with Gasteiger partial charge in [-0.2, -0.15) is 0 Å². The summed E-state index contributed by atoms with van der Waals surface area (Å²) in [6, 6.07) is 8.13.